The lowest BCUT2D eigenvalue weighted by molar-refractivity contribution is -0.140. The Morgan fingerprint density at radius 1 is 1.41 bits per heavy atom. The third-order valence-corrected chi connectivity index (χ3v) is 2.43. The zero-order valence-corrected chi connectivity index (χ0v) is 10.2. The number of rotatable bonds is 6. The van der Waals surface area contributed by atoms with E-state index >= 15 is 0 Å². The summed E-state index contributed by atoms with van der Waals surface area (Å²) in [6, 6.07) is 5.33. The predicted octanol–water partition coefficient (Wildman–Crippen LogP) is 1.84. The summed E-state index contributed by atoms with van der Waals surface area (Å²) in [5.41, 5.74) is 0.751. The zero-order chi connectivity index (χ0) is 12.8. The summed E-state index contributed by atoms with van der Waals surface area (Å²) in [6.45, 7) is 1.99. The summed E-state index contributed by atoms with van der Waals surface area (Å²) in [5.74, 6) is 0.0346. The Hall–Kier alpha value is -1.91. The van der Waals surface area contributed by atoms with Crippen molar-refractivity contribution in [2.24, 2.45) is 5.92 Å². The van der Waals surface area contributed by atoms with E-state index in [9.17, 15) is 4.79 Å². The van der Waals surface area contributed by atoms with E-state index in [1.54, 1.807) is 39.3 Å². The van der Waals surface area contributed by atoms with Crippen LogP contribution in [0.3, 0.4) is 0 Å². The maximum atomic E-state index is 10.7. The van der Waals surface area contributed by atoms with E-state index in [1.807, 2.05) is 0 Å². The number of carboxylic acid groups (broad SMARTS) is 1. The molecule has 1 aromatic carbocycles. The molecule has 1 aromatic rings. The van der Waals surface area contributed by atoms with Crippen LogP contribution in [0.2, 0.25) is 0 Å². The summed E-state index contributed by atoms with van der Waals surface area (Å²) in [4.78, 5) is 10.7. The van der Waals surface area contributed by atoms with Crippen molar-refractivity contribution < 1.29 is 19.4 Å². The third kappa shape index (κ3) is 3.55. The molecule has 0 aliphatic heterocycles. The lowest BCUT2D eigenvalue weighted by atomic mass is 10.2. The molecule has 1 atom stereocenters. The fourth-order valence-electron chi connectivity index (χ4n) is 1.29. The van der Waals surface area contributed by atoms with Gasteiger partial charge in [-0.25, -0.2) is 0 Å². The molecule has 0 fully saturated rings. The molecule has 0 spiro atoms. The van der Waals surface area contributed by atoms with Gasteiger partial charge in [-0.2, -0.15) is 0 Å². The number of carboxylic acids is 1. The van der Waals surface area contributed by atoms with Crippen LogP contribution in [0.15, 0.2) is 18.2 Å². The van der Waals surface area contributed by atoms with E-state index in [0.29, 0.717) is 18.0 Å². The van der Waals surface area contributed by atoms with Gasteiger partial charge < -0.3 is 19.9 Å². The fourth-order valence-corrected chi connectivity index (χ4v) is 1.29. The normalized spacial score (nSPS) is 11.7. The van der Waals surface area contributed by atoms with E-state index in [-0.39, 0.29) is 0 Å². The molecule has 0 saturated carbocycles. The molecule has 0 amide bonds. The van der Waals surface area contributed by atoms with Gasteiger partial charge in [-0.3, -0.25) is 4.79 Å². The summed E-state index contributed by atoms with van der Waals surface area (Å²) in [5, 5.41) is 11.8. The Morgan fingerprint density at radius 3 is 2.65 bits per heavy atom. The van der Waals surface area contributed by atoms with Crippen LogP contribution in [-0.4, -0.2) is 31.8 Å². The van der Waals surface area contributed by atoms with Crippen LogP contribution in [0.4, 0.5) is 5.69 Å². The second kappa shape index (κ2) is 5.98. The van der Waals surface area contributed by atoms with Crippen molar-refractivity contribution in [3.05, 3.63) is 18.2 Å². The Balaban J connectivity index is 2.73. The average Bonchev–Trinajstić information content (AvgIpc) is 2.35. The maximum absolute atomic E-state index is 10.7. The number of ether oxygens (including phenoxy) is 2. The van der Waals surface area contributed by atoms with Crippen LogP contribution in [0.5, 0.6) is 11.5 Å². The number of nitrogens with one attached hydrogen (secondary N) is 1. The minimum absolute atomic E-state index is 0.345. The summed E-state index contributed by atoms with van der Waals surface area (Å²) in [6.07, 6.45) is 0. The highest BCUT2D eigenvalue weighted by molar-refractivity contribution is 5.70. The quantitative estimate of drug-likeness (QED) is 0.792. The number of methoxy groups -OCH3 is 2. The van der Waals surface area contributed by atoms with Gasteiger partial charge in [0.2, 0.25) is 0 Å². The minimum Gasteiger partial charge on any atom is -0.497 e. The van der Waals surface area contributed by atoms with Crippen molar-refractivity contribution in [3.63, 3.8) is 0 Å². The third-order valence-electron chi connectivity index (χ3n) is 2.43. The van der Waals surface area contributed by atoms with Crippen molar-refractivity contribution in [2.75, 3.05) is 26.1 Å². The number of anilines is 1. The van der Waals surface area contributed by atoms with Gasteiger partial charge in [-0.05, 0) is 12.1 Å². The van der Waals surface area contributed by atoms with Crippen molar-refractivity contribution in [1.82, 2.24) is 0 Å². The zero-order valence-electron chi connectivity index (χ0n) is 10.2. The summed E-state index contributed by atoms with van der Waals surface area (Å²) < 4.78 is 10.3. The second-order valence-electron chi connectivity index (χ2n) is 3.69. The van der Waals surface area contributed by atoms with Crippen molar-refractivity contribution in [1.29, 1.82) is 0 Å². The van der Waals surface area contributed by atoms with Crippen LogP contribution < -0.4 is 14.8 Å². The predicted molar refractivity (Wildman–Crippen MR) is 64.8 cm³/mol. The SMILES string of the molecule is COc1ccc(NCC(C)C(=O)O)c(OC)c1. The number of aliphatic carboxylic acids is 1. The monoisotopic (exact) mass is 239 g/mol. The molecule has 0 aliphatic rings. The van der Waals surface area contributed by atoms with Gasteiger partial charge in [0.15, 0.2) is 0 Å². The molecule has 94 valence electrons. The van der Waals surface area contributed by atoms with Gasteiger partial charge in [-0.1, -0.05) is 6.92 Å². The molecule has 0 aromatic heterocycles. The topological polar surface area (TPSA) is 67.8 Å². The Morgan fingerprint density at radius 2 is 2.12 bits per heavy atom. The molecule has 1 unspecified atom stereocenters. The minimum atomic E-state index is -0.829. The van der Waals surface area contributed by atoms with Crippen molar-refractivity contribution in [2.45, 2.75) is 6.92 Å². The van der Waals surface area contributed by atoms with Gasteiger partial charge in [0.25, 0.3) is 0 Å². The van der Waals surface area contributed by atoms with Crippen LogP contribution in [-0.2, 0) is 4.79 Å². The number of carbonyl (C=O) groups is 1. The van der Waals surface area contributed by atoms with E-state index in [2.05, 4.69) is 5.32 Å². The fraction of sp³-hybridized carbons (Fsp3) is 0.417. The first-order valence-corrected chi connectivity index (χ1v) is 5.27. The molecule has 17 heavy (non-hydrogen) atoms. The van der Waals surface area contributed by atoms with Crippen LogP contribution >= 0.6 is 0 Å². The average molecular weight is 239 g/mol. The van der Waals surface area contributed by atoms with Gasteiger partial charge in [0, 0.05) is 12.6 Å². The van der Waals surface area contributed by atoms with Crippen LogP contribution in [0.25, 0.3) is 0 Å². The van der Waals surface area contributed by atoms with Crippen LogP contribution in [0, 0.1) is 5.92 Å². The number of benzene rings is 1. The molecule has 5 heteroatoms. The highest BCUT2D eigenvalue weighted by Crippen LogP contribution is 2.29. The van der Waals surface area contributed by atoms with Gasteiger partial charge >= 0.3 is 5.97 Å². The molecule has 0 saturated heterocycles. The van der Waals surface area contributed by atoms with Gasteiger partial charge in [0.05, 0.1) is 25.8 Å². The molecule has 0 bridgehead atoms. The highest BCUT2D eigenvalue weighted by Gasteiger charge is 2.11. The van der Waals surface area contributed by atoms with Gasteiger partial charge in [-0.15, -0.1) is 0 Å². The second-order valence-corrected chi connectivity index (χ2v) is 3.69. The lowest BCUT2D eigenvalue weighted by Crippen LogP contribution is -2.19. The molecule has 0 radical (unpaired) electrons. The Kier molecular flexibility index (Phi) is 4.63. The maximum Gasteiger partial charge on any atom is 0.308 e. The smallest absolute Gasteiger partial charge is 0.308 e. The largest absolute Gasteiger partial charge is 0.497 e. The summed E-state index contributed by atoms with van der Waals surface area (Å²) >= 11 is 0. The van der Waals surface area contributed by atoms with E-state index in [1.165, 1.54) is 0 Å². The first-order valence-electron chi connectivity index (χ1n) is 5.27. The number of hydrogen-bond donors (Lipinski definition) is 2. The van der Waals surface area contributed by atoms with Crippen molar-refractivity contribution in [3.8, 4) is 11.5 Å². The standard InChI is InChI=1S/C12H17NO4/c1-8(12(14)15)7-13-10-5-4-9(16-2)6-11(10)17-3/h4-6,8,13H,7H2,1-3H3,(H,14,15). The Bertz CT molecular complexity index is 392. The molecule has 2 N–H and O–H groups in total. The van der Waals surface area contributed by atoms with E-state index in [4.69, 9.17) is 14.6 Å². The summed E-state index contributed by atoms with van der Waals surface area (Å²) in [7, 11) is 3.13. The van der Waals surface area contributed by atoms with E-state index < -0.39 is 11.9 Å². The molecular formula is C12H17NO4. The number of hydrogen-bond acceptors (Lipinski definition) is 4. The molecule has 5 nitrogen and oxygen atoms in total. The lowest BCUT2D eigenvalue weighted by Gasteiger charge is -2.14. The van der Waals surface area contributed by atoms with E-state index in [0.717, 1.165) is 5.69 Å². The first kappa shape index (κ1) is 13.2. The molecule has 0 heterocycles. The molecular weight excluding hydrogens is 222 g/mol. The Labute approximate surface area is 100 Å². The van der Waals surface area contributed by atoms with Crippen molar-refractivity contribution >= 4 is 11.7 Å². The molecule has 0 aliphatic carbocycles. The first-order chi connectivity index (χ1) is 8.08. The van der Waals surface area contributed by atoms with Gasteiger partial charge in [0.1, 0.15) is 11.5 Å². The molecule has 1 rings (SSSR count). The highest BCUT2D eigenvalue weighted by atomic mass is 16.5. The van der Waals surface area contributed by atoms with Crippen LogP contribution in [0.1, 0.15) is 6.92 Å².